The van der Waals surface area contributed by atoms with Crippen molar-refractivity contribution < 1.29 is 19.6 Å². The summed E-state index contributed by atoms with van der Waals surface area (Å²) in [6.45, 7) is 0. The summed E-state index contributed by atoms with van der Waals surface area (Å²) in [7, 11) is 1.28. The lowest BCUT2D eigenvalue weighted by Gasteiger charge is -2.01. The van der Waals surface area contributed by atoms with E-state index in [0.29, 0.717) is 0 Å². The van der Waals surface area contributed by atoms with Crippen LogP contribution in [0.2, 0.25) is 0 Å². The standard InChI is InChI=1S/C8H7NO5.ClH/c1-14-7-3-2-5(8(10)11)4-6(7)9(12)13;/h2-4H,1H3,(H,10,11);1H. The predicted octanol–water partition coefficient (Wildman–Crippen LogP) is 1.72. The number of hydrogen-bond acceptors (Lipinski definition) is 4. The van der Waals surface area contributed by atoms with E-state index in [1.165, 1.54) is 19.2 Å². The number of carboxylic acid groups (broad SMARTS) is 1. The molecule has 0 bridgehead atoms. The topological polar surface area (TPSA) is 89.7 Å². The van der Waals surface area contributed by atoms with Crippen molar-refractivity contribution in [2.75, 3.05) is 7.11 Å². The Morgan fingerprint density at radius 2 is 2.13 bits per heavy atom. The Morgan fingerprint density at radius 3 is 2.53 bits per heavy atom. The molecule has 0 aliphatic rings. The number of carbonyl (C=O) groups is 1. The molecule has 0 aliphatic heterocycles. The van der Waals surface area contributed by atoms with Crippen molar-refractivity contribution in [3.63, 3.8) is 0 Å². The smallest absolute Gasteiger partial charge is 0.335 e. The van der Waals surface area contributed by atoms with Crippen LogP contribution in [0.3, 0.4) is 0 Å². The molecule has 6 nitrogen and oxygen atoms in total. The predicted molar refractivity (Wildman–Crippen MR) is 53.9 cm³/mol. The summed E-state index contributed by atoms with van der Waals surface area (Å²) >= 11 is 0. The highest BCUT2D eigenvalue weighted by Crippen LogP contribution is 2.27. The van der Waals surface area contributed by atoms with Crippen LogP contribution in [0.1, 0.15) is 10.4 Å². The molecular formula is C8H8ClNO5. The molecule has 0 aliphatic carbocycles. The van der Waals surface area contributed by atoms with Gasteiger partial charge in [-0.25, -0.2) is 4.79 Å². The zero-order valence-corrected chi connectivity index (χ0v) is 8.48. The van der Waals surface area contributed by atoms with Crippen LogP contribution in [-0.4, -0.2) is 23.1 Å². The number of carboxylic acids is 1. The Hall–Kier alpha value is -1.82. The SMILES string of the molecule is COc1ccc(C(=O)O)cc1[N+](=O)[O-].Cl. The summed E-state index contributed by atoms with van der Waals surface area (Å²) in [4.78, 5) is 20.3. The van der Waals surface area contributed by atoms with Crippen LogP contribution in [0.15, 0.2) is 18.2 Å². The van der Waals surface area contributed by atoms with Crippen LogP contribution in [0.4, 0.5) is 5.69 Å². The van der Waals surface area contributed by atoms with E-state index in [2.05, 4.69) is 0 Å². The molecule has 7 heteroatoms. The molecule has 1 aromatic carbocycles. The average Bonchev–Trinajstić information content (AvgIpc) is 2.16. The van der Waals surface area contributed by atoms with Gasteiger partial charge in [0, 0.05) is 6.07 Å². The maximum Gasteiger partial charge on any atom is 0.335 e. The van der Waals surface area contributed by atoms with Gasteiger partial charge < -0.3 is 9.84 Å². The molecule has 0 fully saturated rings. The number of halogens is 1. The Morgan fingerprint density at radius 1 is 1.53 bits per heavy atom. The molecule has 82 valence electrons. The van der Waals surface area contributed by atoms with E-state index in [4.69, 9.17) is 9.84 Å². The molecule has 0 saturated carbocycles. The zero-order chi connectivity index (χ0) is 10.7. The van der Waals surface area contributed by atoms with Crippen LogP contribution >= 0.6 is 12.4 Å². The van der Waals surface area contributed by atoms with E-state index >= 15 is 0 Å². The van der Waals surface area contributed by atoms with Gasteiger partial charge in [-0.05, 0) is 12.1 Å². The second-order valence-electron chi connectivity index (χ2n) is 2.45. The molecule has 15 heavy (non-hydrogen) atoms. The molecule has 1 aromatic rings. The fraction of sp³-hybridized carbons (Fsp3) is 0.125. The first-order valence-corrected chi connectivity index (χ1v) is 3.62. The van der Waals surface area contributed by atoms with Crippen molar-refractivity contribution >= 4 is 24.1 Å². The van der Waals surface area contributed by atoms with E-state index in [1.54, 1.807) is 0 Å². The highest BCUT2D eigenvalue weighted by molar-refractivity contribution is 5.88. The van der Waals surface area contributed by atoms with Gasteiger partial charge in [-0.3, -0.25) is 10.1 Å². The average molecular weight is 234 g/mol. The van der Waals surface area contributed by atoms with Gasteiger partial charge in [-0.15, -0.1) is 12.4 Å². The van der Waals surface area contributed by atoms with Crippen LogP contribution in [0.25, 0.3) is 0 Å². The Bertz CT molecular complexity index is 393. The highest BCUT2D eigenvalue weighted by atomic mass is 35.5. The number of ether oxygens (including phenoxy) is 1. The molecular weight excluding hydrogens is 226 g/mol. The maximum atomic E-state index is 10.5. The first-order valence-electron chi connectivity index (χ1n) is 3.62. The lowest BCUT2D eigenvalue weighted by atomic mass is 10.2. The lowest BCUT2D eigenvalue weighted by molar-refractivity contribution is -0.385. The third-order valence-electron chi connectivity index (χ3n) is 1.62. The fourth-order valence-corrected chi connectivity index (χ4v) is 0.966. The summed E-state index contributed by atoms with van der Waals surface area (Å²) in [6, 6.07) is 3.46. The van der Waals surface area contributed by atoms with Gasteiger partial charge in [0.2, 0.25) is 0 Å². The van der Waals surface area contributed by atoms with Gasteiger partial charge in [-0.1, -0.05) is 0 Å². The molecule has 0 amide bonds. The highest BCUT2D eigenvalue weighted by Gasteiger charge is 2.17. The van der Waals surface area contributed by atoms with Crippen molar-refractivity contribution in [1.29, 1.82) is 0 Å². The number of methoxy groups -OCH3 is 1. The van der Waals surface area contributed by atoms with Gasteiger partial charge in [0.05, 0.1) is 17.6 Å². The number of nitro groups is 1. The summed E-state index contributed by atoms with van der Waals surface area (Å²) in [5.41, 5.74) is -0.495. The van der Waals surface area contributed by atoms with Crippen LogP contribution in [-0.2, 0) is 0 Å². The van der Waals surface area contributed by atoms with Gasteiger partial charge in [0.15, 0.2) is 5.75 Å². The second-order valence-corrected chi connectivity index (χ2v) is 2.45. The molecule has 0 radical (unpaired) electrons. The minimum atomic E-state index is -1.21. The van der Waals surface area contributed by atoms with E-state index in [9.17, 15) is 14.9 Å². The van der Waals surface area contributed by atoms with E-state index in [-0.39, 0.29) is 29.4 Å². The summed E-state index contributed by atoms with van der Waals surface area (Å²) < 4.78 is 4.71. The van der Waals surface area contributed by atoms with Crippen LogP contribution < -0.4 is 4.74 Å². The maximum absolute atomic E-state index is 10.5. The molecule has 0 saturated heterocycles. The minimum Gasteiger partial charge on any atom is -0.490 e. The van der Waals surface area contributed by atoms with Gasteiger partial charge in [0.1, 0.15) is 0 Å². The van der Waals surface area contributed by atoms with Gasteiger partial charge >= 0.3 is 11.7 Å². The summed E-state index contributed by atoms with van der Waals surface area (Å²) in [6.07, 6.45) is 0. The number of rotatable bonds is 3. The van der Waals surface area contributed by atoms with Crippen molar-refractivity contribution in [3.8, 4) is 5.75 Å². The molecule has 0 spiro atoms. The quantitative estimate of drug-likeness (QED) is 0.634. The van der Waals surface area contributed by atoms with Gasteiger partial charge in [-0.2, -0.15) is 0 Å². The lowest BCUT2D eigenvalue weighted by Crippen LogP contribution is -1.99. The number of nitro benzene ring substituents is 1. The largest absolute Gasteiger partial charge is 0.490 e. The number of aromatic carboxylic acids is 1. The summed E-state index contributed by atoms with van der Waals surface area (Å²) in [5.74, 6) is -1.17. The Balaban J connectivity index is 0.00000196. The number of benzene rings is 1. The van der Waals surface area contributed by atoms with Crippen LogP contribution in [0, 0.1) is 10.1 Å². The monoisotopic (exact) mass is 233 g/mol. The Labute approximate surface area is 91.0 Å². The minimum absolute atomic E-state index is 0. The first kappa shape index (κ1) is 13.2. The normalized spacial score (nSPS) is 8.87. The fourth-order valence-electron chi connectivity index (χ4n) is 0.966. The van der Waals surface area contributed by atoms with E-state index in [1.807, 2.05) is 0 Å². The van der Waals surface area contributed by atoms with Crippen molar-refractivity contribution in [3.05, 3.63) is 33.9 Å². The number of nitrogens with zero attached hydrogens (tertiary/aromatic N) is 1. The van der Waals surface area contributed by atoms with E-state index < -0.39 is 10.9 Å². The number of hydrogen-bond donors (Lipinski definition) is 1. The molecule has 1 rings (SSSR count). The second kappa shape index (κ2) is 5.16. The molecule has 0 aromatic heterocycles. The van der Waals surface area contributed by atoms with Crippen molar-refractivity contribution in [1.82, 2.24) is 0 Å². The van der Waals surface area contributed by atoms with Crippen molar-refractivity contribution in [2.45, 2.75) is 0 Å². The Kier molecular flexibility index (Phi) is 4.53. The third kappa shape index (κ3) is 2.81. The molecule has 0 unspecified atom stereocenters. The molecule has 0 heterocycles. The van der Waals surface area contributed by atoms with Crippen molar-refractivity contribution in [2.24, 2.45) is 0 Å². The zero-order valence-electron chi connectivity index (χ0n) is 7.67. The first-order chi connectivity index (χ1) is 6.56. The third-order valence-corrected chi connectivity index (χ3v) is 1.62. The van der Waals surface area contributed by atoms with Gasteiger partial charge in [0.25, 0.3) is 0 Å². The summed E-state index contributed by atoms with van der Waals surface area (Å²) in [5, 5.41) is 19.1. The molecule has 1 N–H and O–H groups in total. The van der Waals surface area contributed by atoms with E-state index in [0.717, 1.165) is 6.07 Å². The van der Waals surface area contributed by atoms with Crippen LogP contribution in [0.5, 0.6) is 5.75 Å². The molecule has 0 atom stereocenters.